The van der Waals surface area contributed by atoms with Crippen molar-refractivity contribution in [1.29, 1.82) is 0 Å². The van der Waals surface area contributed by atoms with E-state index in [-0.39, 0.29) is 16.7 Å². The van der Waals surface area contributed by atoms with Gasteiger partial charge in [-0.3, -0.25) is 4.68 Å². The topological polar surface area (TPSA) is 100 Å². The van der Waals surface area contributed by atoms with Crippen molar-refractivity contribution in [3.8, 4) is 17.1 Å². The Labute approximate surface area is 139 Å². The van der Waals surface area contributed by atoms with Gasteiger partial charge in [-0.15, -0.1) is 0 Å². The first-order valence-electron chi connectivity index (χ1n) is 7.09. The lowest BCUT2D eigenvalue weighted by atomic mass is 10.2. The Bertz CT molecular complexity index is 958. The Morgan fingerprint density at radius 2 is 1.96 bits per heavy atom. The second-order valence-corrected chi connectivity index (χ2v) is 7.18. The van der Waals surface area contributed by atoms with Crippen LogP contribution in [0.4, 0.5) is 0 Å². The first-order valence-corrected chi connectivity index (χ1v) is 8.74. The summed E-state index contributed by atoms with van der Waals surface area (Å²) in [5, 5.41) is 8.00. The van der Waals surface area contributed by atoms with E-state index in [0.717, 1.165) is 0 Å². The molecular weight excluding hydrogens is 332 g/mol. The molecule has 3 aromatic rings. The molecule has 8 nitrogen and oxygen atoms in total. The molecule has 0 saturated heterocycles. The molecule has 2 aromatic heterocycles. The summed E-state index contributed by atoms with van der Waals surface area (Å²) in [6.07, 6.45) is 0. The molecule has 1 aromatic carbocycles. The van der Waals surface area contributed by atoms with Gasteiger partial charge in [0, 0.05) is 12.6 Å². The molecule has 0 bridgehead atoms. The molecule has 0 N–H and O–H groups in total. The Morgan fingerprint density at radius 1 is 1.25 bits per heavy atom. The number of aryl methyl sites for hydroxylation is 2. The molecule has 0 unspecified atom stereocenters. The van der Waals surface area contributed by atoms with Crippen LogP contribution >= 0.6 is 0 Å². The third kappa shape index (κ3) is 3.16. The van der Waals surface area contributed by atoms with Gasteiger partial charge < -0.3 is 9.26 Å². The molecule has 0 radical (unpaired) electrons. The minimum atomic E-state index is -3.62. The summed E-state index contributed by atoms with van der Waals surface area (Å²) in [5.74, 6) is 0.676. The van der Waals surface area contributed by atoms with Crippen LogP contribution in [0.5, 0.6) is 5.75 Å². The lowest BCUT2D eigenvalue weighted by Crippen LogP contribution is -2.10. The second kappa shape index (κ2) is 6.08. The van der Waals surface area contributed by atoms with Crippen molar-refractivity contribution >= 4 is 9.84 Å². The predicted molar refractivity (Wildman–Crippen MR) is 85.1 cm³/mol. The normalized spacial score (nSPS) is 11.6. The van der Waals surface area contributed by atoms with Crippen LogP contribution in [-0.4, -0.2) is 35.4 Å². The van der Waals surface area contributed by atoms with Gasteiger partial charge in [0.25, 0.3) is 0 Å². The average Bonchev–Trinajstić information content (AvgIpc) is 3.13. The summed E-state index contributed by atoms with van der Waals surface area (Å²) in [5.41, 5.74) is 1.33. The molecule has 9 heteroatoms. The molecule has 3 rings (SSSR count). The van der Waals surface area contributed by atoms with Gasteiger partial charge in [-0.25, -0.2) is 8.42 Å². The fraction of sp³-hybridized carbons (Fsp3) is 0.267. The zero-order valence-corrected chi connectivity index (χ0v) is 14.2. The molecule has 0 spiro atoms. The number of ether oxygens (including phenoxy) is 1. The van der Waals surface area contributed by atoms with E-state index in [9.17, 15) is 8.42 Å². The Balaban J connectivity index is 1.84. The molecule has 2 heterocycles. The maximum atomic E-state index is 12.5. The highest BCUT2D eigenvalue weighted by atomic mass is 32.2. The summed E-state index contributed by atoms with van der Waals surface area (Å²) >= 11 is 0. The second-order valence-electron chi connectivity index (χ2n) is 5.25. The molecule has 24 heavy (non-hydrogen) atoms. The van der Waals surface area contributed by atoms with Crippen LogP contribution in [-0.2, 0) is 22.6 Å². The van der Waals surface area contributed by atoms with Crippen molar-refractivity contribution in [1.82, 2.24) is 19.9 Å². The summed E-state index contributed by atoms with van der Waals surface area (Å²) in [4.78, 5) is 4.16. The van der Waals surface area contributed by atoms with E-state index in [4.69, 9.17) is 9.26 Å². The monoisotopic (exact) mass is 348 g/mol. The van der Waals surface area contributed by atoms with Crippen molar-refractivity contribution in [2.24, 2.45) is 7.05 Å². The van der Waals surface area contributed by atoms with E-state index < -0.39 is 9.84 Å². The zero-order valence-electron chi connectivity index (χ0n) is 13.4. The van der Waals surface area contributed by atoms with Crippen LogP contribution in [0.25, 0.3) is 11.4 Å². The van der Waals surface area contributed by atoms with Crippen molar-refractivity contribution in [3.05, 3.63) is 41.9 Å². The molecule has 0 aliphatic rings. The average molecular weight is 348 g/mol. The number of sulfone groups is 1. The van der Waals surface area contributed by atoms with E-state index in [1.807, 2.05) is 0 Å². The summed E-state index contributed by atoms with van der Waals surface area (Å²) in [7, 11) is -0.463. The van der Waals surface area contributed by atoms with Crippen molar-refractivity contribution < 1.29 is 17.7 Å². The fourth-order valence-electron chi connectivity index (χ4n) is 2.29. The fourth-order valence-corrected chi connectivity index (χ4v) is 3.67. The Hall–Kier alpha value is -2.68. The molecule has 126 valence electrons. The minimum absolute atomic E-state index is 0.0275. The van der Waals surface area contributed by atoms with E-state index in [1.54, 1.807) is 45.3 Å². The number of hydrogen-bond donors (Lipinski definition) is 0. The number of methoxy groups -OCH3 is 1. The van der Waals surface area contributed by atoms with Crippen molar-refractivity contribution in [2.75, 3.05) is 7.11 Å². The van der Waals surface area contributed by atoms with Crippen LogP contribution in [0.15, 0.2) is 39.9 Å². The van der Waals surface area contributed by atoms with Gasteiger partial charge in [-0.05, 0) is 37.3 Å². The van der Waals surface area contributed by atoms with E-state index in [1.165, 1.54) is 10.7 Å². The highest BCUT2D eigenvalue weighted by Gasteiger charge is 2.23. The first-order chi connectivity index (χ1) is 11.4. The van der Waals surface area contributed by atoms with Crippen molar-refractivity contribution in [3.63, 3.8) is 0 Å². The number of nitrogens with zero attached hydrogens (tertiary/aromatic N) is 4. The molecular formula is C15H16N4O4S. The van der Waals surface area contributed by atoms with E-state index >= 15 is 0 Å². The van der Waals surface area contributed by atoms with Gasteiger partial charge in [0.1, 0.15) is 11.5 Å². The lowest BCUT2D eigenvalue weighted by molar-refractivity contribution is 0.389. The molecule has 0 atom stereocenters. The molecule has 0 aliphatic carbocycles. The Kier molecular flexibility index (Phi) is 4.10. The maximum absolute atomic E-state index is 12.5. The number of benzene rings is 1. The SMILES string of the molecule is COc1ccc(-c2noc(CS(=O)(=O)c3cc(C)nn3C)n2)cc1. The standard InChI is InChI=1S/C15H16N4O4S/c1-10-8-14(19(2)17-10)24(20,21)9-13-16-15(18-23-13)11-4-6-12(22-3)7-5-11/h4-8H,9H2,1-3H3. The van der Waals surface area contributed by atoms with E-state index in [2.05, 4.69) is 15.2 Å². The van der Waals surface area contributed by atoms with Gasteiger partial charge in [-0.1, -0.05) is 5.16 Å². The van der Waals surface area contributed by atoms with Crippen LogP contribution < -0.4 is 4.74 Å². The van der Waals surface area contributed by atoms with Gasteiger partial charge in [0.05, 0.1) is 12.8 Å². The molecule has 0 aliphatic heterocycles. The molecule has 0 saturated carbocycles. The minimum Gasteiger partial charge on any atom is -0.497 e. The maximum Gasteiger partial charge on any atom is 0.242 e. The molecule has 0 amide bonds. The highest BCUT2D eigenvalue weighted by Crippen LogP contribution is 2.21. The number of rotatable bonds is 5. The third-order valence-electron chi connectivity index (χ3n) is 3.41. The lowest BCUT2D eigenvalue weighted by Gasteiger charge is -2.01. The van der Waals surface area contributed by atoms with Gasteiger partial charge in [0.15, 0.2) is 5.03 Å². The van der Waals surface area contributed by atoms with Gasteiger partial charge in [0.2, 0.25) is 21.6 Å². The third-order valence-corrected chi connectivity index (χ3v) is 5.05. The first kappa shape index (κ1) is 16.2. The summed E-state index contributed by atoms with van der Waals surface area (Å²) in [6.45, 7) is 1.73. The van der Waals surface area contributed by atoms with Crippen LogP contribution in [0.2, 0.25) is 0 Å². The van der Waals surface area contributed by atoms with Crippen LogP contribution in [0, 0.1) is 6.92 Å². The van der Waals surface area contributed by atoms with E-state index in [0.29, 0.717) is 22.8 Å². The zero-order chi connectivity index (χ0) is 17.3. The number of aromatic nitrogens is 4. The number of hydrogen-bond acceptors (Lipinski definition) is 7. The quantitative estimate of drug-likeness (QED) is 0.692. The van der Waals surface area contributed by atoms with Gasteiger partial charge >= 0.3 is 0 Å². The molecule has 0 fully saturated rings. The van der Waals surface area contributed by atoms with Crippen LogP contribution in [0.3, 0.4) is 0 Å². The highest BCUT2D eigenvalue weighted by molar-refractivity contribution is 7.90. The largest absolute Gasteiger partial charge is 0.497 e. The predicted octanol–water partition coefficient (Wildman–Crippen LogP) is 1.76. The smallest absolute Gasteiger partial charge is 0.242 e. The summed E-state index contributed by atoms with van der Waals surface area (Å²) < 4.78 is 36.4. The summed E-state index contributed by atoms with van der Waals surface area (Å²) in [6, 6.07) is 8.58. The Morgan fingerprint density at radius 3 is 2.54 bits per heavy atom. The van der Waals surface area contributed by atoms with Crippen molar-refractivity contribution in [2.45, 2.75) is 17.7 Å². The van der Waals surface area contributed by atoms with Gasteiger partial charge in [-0.2, -0.15) is 10.1 Å². The van der Waals surface area contributed by atoms with Crippen LogP contribution in [0.1, 0.15) is 11.6 Å².